The standard InChI is InChI=1S/C12H19N3O/c1-13-7-10-3-4-12(14-8-10)15(2)11-5-6-16-9-11/h3-4,8,11,13H,5-7,9H2,1-2H3. The molecule has 1 unspecified atom stereocenters. The van der Waals surface area contributed by atoms with Gasteiger partial charge in [0.25, 0.3) is 0 Å². The molecule has 0 bridgehead atoms. The van der Waals surface area contributed by atoms with Crippen molar-refractivity contribution in [3.8, 4) is 0 Å². The van der Waals surface area contributed by atoms with Crippen molar-refractivity contribution in [3.05, 3.63) is 23.9 Å². The van der Waals surface area contributed by atoms with Crippen LogP contribution in [0.25, 0.3) is 0 Å². The van der Waals surface area contributed by atoms with Crippen molar-refractivity contribution in [2.24, 2.45) is 0 Å². The van der Waals surface area contributed by atoms with Crippen LogP contribution in [-0.2, 0) is 11.3 Å². The number of anilines is 1. The van der Waals surface area contributed by atoms with E-state index in [1.54, 1.807) is 0 Å². The molecule has 0 aliphatic carbocycles. The van der Waals surface area contributed by atoms with Crippen molar-refractivity contribution in [1.29, 1.82) is 0 Å². The molecule has 1 aliphatic rings. The van der Waals surface area contributed by atoms with E-state index in [4.69, 9.17) is 4.74 Å². The topological polar surface area (TPSA) is 37.4 Å². The van der Waals surface area contributed by atoms with Crippen LogP contribution in [0.3, 0.4) is 0 Å². The van der Waals surface area contributed by atoms with Gasteiger partial charge in [0.15, 0.2) is 0 Å². The summed E-state index contributed by atoms with van der Waals surface area (Å²) in [7, 11) is 4.02. The van der Waals surface area contributed by atoms with E-state index in [2.05, 4.69) is 34.4 Å². The van der Waals surface area contributed by atoms with Gasteiger partial charge in [-0.15, -0.1) is 0 Å². The smallest absolute Gasteiger partial charge is 0.128 e. The third-order valence-electron chi connectivity index (χ3n) is 3.00. The van der Waals surface area contributed by atoms with Gasteiger partial charge in [-0.3, -0.25) is 0 Å². The van der Waals surface area contributed by atoms with Crippen LogP contribution in [0, 0.1) is 0 Å². The van der Waals surface area contributed by atoms with Crippen LogP contribution in [0.15, 0.2) is 18.3 Å². The number of rotatable bonds is 4. The molecule has 1 N–H and O–H groups in total. The average Bonchev–Trinajstić information content (AvgIpc) is 2.83. The van der Waals surface area contributed by atoms with Crippen molar-refractivity contribution in [1.82, 2.24) is 10.3 Å². The predicted molar refractivity (Wildman–Crippen MR) is 64.6 cm³/mol. The van der Waals surface area contributed by atoms with Gasteiger partial charge >= 0.3 is 0 Å². The fraction of sp³-hybridized carbons (Fsp3) is 0.583. The molecule has 0 radical (unpaired) electrons. The molecular formula is C12H19N3O. The number of nitrogens with zero attached hydrogens (tertiary/aromatic N) is 2. The van der Waals surface area contributed by atoms with E-state index in [1.807, 2.05) is 13.2 Å². The maximum absolute atomic E-state index is 5.38. The van der Waals surface area contributed by atoms with Gasteiger partial charge in [0.05, 0.1) is 12.6 Å². The zero-order chi connectivity index (χ0) is 11.4. The Bertz CT molecular complexity index is 320. The van der Waals surface area contributed by atoms with E-state index in [0.29, 0.717) is 6.04 Å². The molecular weight excluding hydrogens is 202 g/mol. The van der Waals surface area contributed by atoms with Crippen molar-refractivity contribution in [2.45, 2.75) is 19.0 Å². The molecule has 2 heterocycles. The molecule has 4 heteroatoms. The first-order valence-electron chi connectivity index (χ1n) is 5.71. The highest BCUT2D eigenvalue weighted by molar-refractivity contribution is 5.39. The Morgan fingerprint density at radius 3 is 3.00 bits per heavy atom. The fourth-order valence-electron chi connectivity index (χ4n) is 1.95. The Morgan fingerprint density at radius 1 is 1.56 bits per heavy atom. The predicted octanol–water partition coefficient (Wildman–Crippen LogP) is 1.03. The molecule has 1 aliphatic heterocycles. The van der Waals surface area contributed by atoms with Crippen LogP contribution in [-0.4, -0.2) is 38.3 Å². The lowest BCUT2D eigenvalue weighted by atomic mass is 10.2. The first-order valence-corrected chi connectivity index (χ1v) is 5.71. The Labute approximate surface area is 96.6 Å². The number of ether oxygens (including phenoxy) is 1. The SMILES string of the molecule is CNCc1ccc(N(C)C2CCOC2)nc1. The molecule has 88 valence electrons. The Hall–Kier alpha value is -1.13. The number of hydrogen-bond acceptors (Lipinski definition) is 4. The van der Waals surface area contributed by atoms with Gasteiger partial charge in [-0.05, 0) is 25.1 Å². The fourth-order valence-corrected chi connectivity index (χ4v) is 1.95. The second-order valence-corrected chi connectivity index (χ2v) is 4.18. The number of nitrogens with one attached hydrogen (secondary N) is 1. The van der Waals surface area contributed by atoms with Crippen LogP contribution >= 0.6 is 0 Å². The van der Waals surface area contributed by atoms with Gasteiger partial charge in [0.1, 0.15) is 5.82 Å². The first-order chi connectivity index (χ1) is 7.81. The molecule has 1 atom stereocenters. The number of hydrogen-bond donors (Lipinski definition) is 1. The summed E-state index contributed by atoms with van der Waals surface area (Å²) in [5.74, 6) is 1.02. The molecule has 1 saturated heterocycles. The Morgan fingerprint density at radius 2 is 2.44 bits per heavy atom. The van der Waals surface area contributed by atoms with Crippen LogP contribution in [0.2, 0.25) is 0 Å². The van der Waals surface area contributed by atoms with Crippen LogP contribution in [0.5, 0.6) is 0 Å². The molecule has 2 rings (SSSR count). The molecule has 1 aromatic heterocycles. The summed E-state index contributed by atoms with van der Waals surface area (Å²) in [5.41, 5.74) is 1.21. The van der Waals surface area contributed by atoms with Gasteiger partial charge in [-0.1, -0.05) is 6.07 Å². The highest BCUT2D eigenvalue weighted by Gasteiger charge is 2.20. The minimum atomic E-state index is 0.475. The largest absolute Gasteiger partial charge is 0.379 e. The van der Waals surface area contributed by atoms with Gasteiger partial charge in [0.2, 0.25) is 0 Å². The summed E-state index contributed by atoms with van der Waals surface area (Å²) in [5, 5.41) is 3.11. The second kappa shape index (κ2) is 5.27. The van der Waals surface area contributed by atoms with E-state index in [1.165, 1.54) is 5.56 Å². The van der Waals surface area contributed by atoms with E-state index in [-0.39, 0.29) is 0 Å². The quantitative estimate of drug-likeness (QED) is 0.824. The molecule has 0 aromatic carbocycles. The van der Waals surface area contributed by atoms with E-state index >= 15 is 0 Å². The van der Waals surface area contributed by atoms with E-state index in [0.717, 1.165) is 32.0 Å². The third-order valence-corrected chi connectivity index (χ3v) is 3.00. The minimum Gasteiger partial charge on any atom is -0.379 e. The van der Waals surface area contributed by atoms with Gasteiger partial charge in [-0.25, -0.2) is 4.98 Å². The van der Waals surface area contributed by atoms with Crippen LogP contribution in [0.4, 0.5) is 5.82 Å². The summed E-state index contributed by atoms with van der Waals surface area (Å²) in [4.78, 5) is 6.68. The maximum atomic E-state index is 5.38. The lowest BCUT2D eigenvalue weighted by Gasteiger charge is -2.24. The van der Waals surface area contributed by atoms with Crippen molar-refractivity contribution in [2.75, 3.05) is 32.2 Å². The third kappa shape index (κ3) is 2.51. The molecule has 0 saturated carbocycles. The van der Waals surface area contributed by atoms with Crippen LogP contribution in [0.1, 0.15) is 12.0 Å². The molecule has 0 spiro atoms. The summed E-state index contributed by atoms with van der Waals surface area (Å²) >= 11 is 0. The number of aromatic nitrogens is 1. The average molecular weight is 221 g/mol. The zero-order valence-corrected chi connectivity index (χ0v) is 9.94. The van der Waals surface area contributed by atoms with Crippen molar-refractivity contribution in [3.63, 3.8) is 0 Å². The number of likely N-dealkylation sites (N-methyl/N-ethyl adjacent to an activating group) is 1. The second-order valence-electron chi connectivity index (χ2n) is 4.18. The van der Waals surface area contributed by atoms with Crippen molar-refractivity contribution < 1.29 is 4.74 Å². The Balaban J connectivity index is 2.02. The minimum absolute atomic E-state index is 0.475. The maximum Gasteiger partial charge on any atom is 0.128 e. The molecule has 4 nitrogen and oxygen atoms in total. The zero-order valence-electron chi connectivity index (χ0n) is 9.94. The molecule has 1 aromatic rings. The lowest BCUT2D eigenvalue weighted by molar-refractivity contribution is 0.193. The van der Waals surface area contributed by atoms with Gasteiger partial charge in [0, 0.05) is 26.4 Å². The molecule has 1 fully saturated rings. The molecule has 0 amide bonds. The van der Waals surface area contributed by atoms with Crippen LogP contribution < -0.4 is 10.2 Å². The van der Waals surface area contributed by atoms with E-state index in [9.17, 15) is 0 Å². The normalized spacial score (nSPS) is 20.0. The van der Waals surface area contributed by atoms with Crippen molar-refractivity contribution >= 4 is 5.82 Å². The van der Waals surface area contributed by atoms with Gasteiger partial charge < -0.3 is 15.0 Å². The summed E-state index contributed by atoms with van der Waals surface area (Å²) in [6.45, 7) is 2.55. The number of pyridine rings is 1. The molecule has 16 heavy (non-hydrogen) atoms. The van der Waals surface area contributed by atoms with Gasteiger partial charge in [-0.2, -0.15) is 0 Å². The Kier molecular flexibility index (Phi) is 3.74. The summed E-state index contributed by atoms with van der Waals surface area (Å²) in [6.07, 6.45) is 3.02. The lowest BCUT2D eigenvalue weighted by Crippen LogP contribution is -2.32. The first kappa shape index (κ1) is 11.4. The highest BCUT2D eigenvalue weighted by Crippen LogP contribution is 2.17. The monoisotopic (exact) mass is 221 g/mol. The summed E-state index contributed by atoms with van der Waals surface area (Å²) < 4.78 is 5.38. The highest BCUT2D eigenvalue weighted by atomic mass is 16.5. The van der Waals surface area contributed by atoms with E-state index < -0.39 is 0 Å². The summed E-state index contributed by atoms with van der Waals surface area (Å²) in [6, 6.07) is 4.67.